The number of anilines is 1. The van der Waals surface area contributed by atoms with Crippen molar-refractivity contribution in [1.29, 1.82) is 0 Å². The molecule has 0 bridgehead atoms. The first-order valence-electron chi connectivity index (χ1n) is 3.69. The van der Waals surface area contributed by atoms with Crippen molar-refractivity contribution in [3.63, 3.8) is 0 Å². The Morgan fingerprint density at radius 1 is 1.67 bits per heavy atom. The lowest BCUT2D eigenvalue weighted by molar-refractivity contribution is 0.181. The first-order valence-corrected chi connectivity index (χ1v) is 3.69. The van der Waals surface area contributed by atoms with E-state index in [1.54, 1.807) is 25.6 Å². The summed E-state index contributed by atoms with van der Waals surface area (Å²) in [6.07, 6.45) is 3.26. The van der Waals surface area contributed by atoms with Gasteiger partial charge >= 0.3 is 0 Å². The van der Waals surface area contributed by atoms with Gasteiger partial charge in [-0.2, -0.15) is 0 Å². The van der Waals surface area contributed by atoms with Crippen LogP contribution in [-0.2, 0) is 4.74 Å². The van der Waals surface area contributed by atoms with Gasteiger partial charge in [0.05, 0.1) is 24.5 Å². The molecule has 0 amide bonds. The van der Waals surface area contributed by atoms with Crippen molar-refractivity contribution in [2.75, 3.05) is 19.5 Å². The standard InChI is InChI=1S/C8H13N3O/c1-12-5-8(10)6-2-3-11-4-7(6)9/h2-4,8H,5,9-10H2,1H3/t8-/m0/s1. The number of nitrogens with zero attached hydrogens (tertiary/aromatic N) is 1. The van der Waals surface area contributed by atoms with Gasteiger partial charge in [-0.1, -0.05) is 0 Å². The summed E-state index contributed by atoms with van der Waals surface area (Å²) >= 11 is 0. The number of hydrogen-bond donors (Lipinski definition) is 2. The average Bonchev–Trinajstić information content (AvgIpc) is 2.05. The number of nitrogen functional groups attached to an aromatic ring is 1. The van der Waals surface area contributed by atoms with Crippen LogP contribution in [-0.4, -0.2) is 18.7 Å². The summed E-state index contributed by atoms with van der Waals surface area (Å²) < 4.78 is 4.91. The molecule has 12 heavy (non-hydrogen) atoms. The lowest BCUT2D eigenvalue weighted by Crippen LogP contribution is -2.17. The van der Waals surface area contributed by atoms with Crippen molar-refractivity contribution in [2.45, 2.75) is 6.04 Å². The van der Waals surface area contributed by atoms with Crippen molar-refractivity contribution < 1.29 is 4.74 Å². The largest absolute Gasteiger partial charge is 0.397 e. The van der Waals surface area contributed by atoms with Crippen LogP contribution in [0.4, 0.5) is 5.69 Å². The highest BCUT2D eigenvalue weighted by Gasteiger charge is 2.07. The summed E-state index contributed by atoms with van der Waals surface area (Å²) in [5.74, 6) is 0. The molecule has 0 aromatic carbocycles. The zero-order valence-electron chi connectivity index (χ0n) is 7.03. The molecule has 1 heterocycles. The zero-order valence-corrected chi connectivity index (χ0v) is 7.03. The quantitative estimate of drug-likeness (QED) is 0.679. The molecule has 0 aliphatic carbocycles. The average molecular weight is 167 g/mol. The summed E-state index contributed by atoms with van der Waals surface area (Å²) in [5.41, 5.74) is 12.9. The zero-order chi connectivity index (χ0) is 8.97. The highest BCUT2D eigenvalue weighted by molar-refractivity contribution is 5.45. The number of methoxy groups -OCH3 is 1. The number of aromatic nitrogens is 1. The second-order valence-corrected chi connectivity index (χ2v) is 2.57. The molecule has 0 saturated carbocycles. The molecule has 66 valence electrons. The van der Waals surface area contributed by atoms with E-state index in [0.717, 1.165) is 5.56 Å². The summed E-state index contributed by atoms with van der Waals surface area (Å²) in [7, 11) is 1.61. The molecule has 0 aliphatic heterocycles. The number of ether oxygens (including phenoxy) is 1. The Labute approximate surface area is 71.5 Å². The van der Waals surface area contributed by atoms with Gasteiger partial charge in [-0.15, -0.1) is 0 Å². The fraction of sp³-hybridized carbons (Fsp3) is 0.375. The maximum absolute atomic E-state index is 5.77. The second-order valence-electron chi connectivity index (χ2n) is 2.57. The van der Waals surface area contributed by atoms with Crippen molar-refractivity contribution in [1.82, 2.24) is 4.98 Å². The maximum atomic E-state index is 5.77. The Bertz CT molecular complexity index is 252. The molecule has 0 spiro atoms. The van der Waals surface area contributed by atoms with Gasteiger partial charge in [0.25, 0.3) is 0 Å². The van der Waals surface area contributed by atoms with Crippen molar-refractivity contribution in [3.05, 3.63) is 24.0 Å². The minimum Gasteiger partial charge on any atom is -0.397 e. The Morgan fingerprint density at radius 2 is 2.42 bits per heavy atom. The van der Waals surface area contributed by atoms with Crippen molar-refractivity contribution in [2.24, 2.45) is 5.73 Å². The molecule has 1 atom stereocenters. The van der Waals surface area contributed by atoms with E-state index in [1.807, 2.05) is 0 Å². The van der Waals surface area contributed by atoms with E-state index in [1.165, 1.54) is 0 Å². The van der Waals surface area contributed by atoms with E-state index in [9.17, 15) is 0 Å². The van der Waals surface area contributed by atoms with Crippen LogP contribution in [0.1, 0.15) is 11.6 Å². The smallest absolute Gasteiger partial charge is 0.0656 e. The van der Waals surface area contributed by atoms with Gasteiger partial charge in [0.1, 0.15) is 0 Å². The predicted octanol–water partition coefficient (Wildman–Crippen LogP) is 0.310. The minimum atomic E-state index is -0.169. The molecular weight excluding hydrogens is 154 g/mol. The summed E-state index contributed by atoms with van der Waals surface area (Å²) in [6, 6.07) is 1.64. The van der Waals surface area contributed by atoms with Crippen LogP contribution in [0.15, 0.2) is 18.5 Å². The van der Waals surface area contributed by atoms with Crippen LogP contribution in [0, 0.1) is 0 Å². The van der Waals surface area contributed by atoms with Gasteiger partial charge in [-0.3, -0.25) is 4.98 Å². The monoisotopic (exact) mass is 167 g/mol. The van der Waals surface area contributed by atoms with E-state index >= 15 is 0 Å². The summed E-state index contributed by atoms with van der Waals surface area (Å²) in [4.78, 5) is 3.87. The SMILES string of the molecule is COC[C@H](N)c1ccncc1N. The third kappa shape index (κ3) is 1.93. The molecule has 0 aliphatic rings. The van der Waals surface area contributed by atoms with Gasteiger partial charge in [0.2, 0.25) is 0 Å². The first-order chi connectivity index (χ1) is 5.75. The third-order valence-corrected chi connectivity index (χ3v) is 1.63. The van der Waals surface area contributed by atoms with Gasteiger partial charge in [-0.25, -0.2) is 0 Å². The molecule has 0 saturated heterocycles. The molecule has 4 heteroatoms. The molecule has 0 unspecified atom stereocenters. The van der Waals surface area contributed by atoms with E-state index < -0.39 is 0 Å². The van der Waals surface area contributed by atoms with Gasteiger partial charge in [-0.05, 0) is 11.6 Å². The summed E-state index contributed by atoms with van der Waals surface area (Å²) in [5, 5.41) is 0. The lowest BCUT2D eigenvalue weighted by Gasteiger charge is -2.12. The fourth-order valence-electron chi connectivity index (χ4n) is 1.02. The van der Waals surface area contributed by atoms with Crippen LogP contribution < -0.4 is 11.5 Å². The Kier molecular flexibility index (Phi) is 3.01. The number of pyridine rings is 1. The Morgan fingerprint density at radius 3 is 3.00 bits per heavy atom. The van der Waals surface area contributed by atoms with E-state index in [0.29, 0.717) is 12.3 Å². The molecule has 0 radical (unpaired) electrons. The highest BCUT2D eigenvalue weighted by Crippen LogP contribution is 2.16. The van der Waals surface area contributed by atoms with Crippen molar-refractivity contribution in [3.8, 4) is 0 Å². The molecule has 4 nitrogen and oxygen atoms in total. The minimum absolute atomic E-state index is 0.169. The van der Waals surface area contributed by atoms with Crippen molar-refractivity contribution >= 4 is 5.69 Å². The first kappa shape index (κ1) is 8.96. The normalized spacial score (nSPS) is 12.8. The molecule has 1 aromatic heterocycles. The number of hydrogen-bond acceptors (Lipinski definition) is 4. The molecular formula is C8H13N3O. The maximum Gasteiger partial charge on any atom is 0.0656 e. The van der Waals surface area contributed by atoms with E-state index in [-0.39, 0.29) is 6.04 Å². The second kappa shape index (κ2) is 4.04. The van der Waals surface area contributed by atoms with Crippen LogP contribution >= 0.6 is 0 Å². The van der Waals surface area contributed by atoms with Gasteiger partial charge in [0, 0.05) is 13.3 Å². The van der Waals surface area contributed by atoms with Crippen LogP contribution in [0.2, 0.25) is 0 Å². The number of rotatable bonds is 3. The van der Waals surface area contributed by atoms with Gasteiger partial charge < -0.3 is 16.2 Å². The Hall–Kier alpha value is -1.13. The molecule has 4 N–H and O–H groups in total. The van der Waals surface area contributed by atoms with E-state index in [2.05, 4.69) is 4.98 Å². The van der Waals surface area contributed by atoms with E-state index in [4.69, 9.17) is 16.2 Å². The van der Waals surface area contributed by atoms with Crippen LogP contribution in [0.5, 0.6) is 0 Å². The molecule has 1 aromatic rings. The third-order valence-electron chi connectivity index (χ3n) is 1.63. The molecule has 0 fully saturated rings. The lowest BCUT2D eigenvalue weighted by atomic mass is 10.1. The van der Waals surface area contributed by atoms with Crippen LogP contribution in [0.25, 0.3) is 0 Å². The molecule has 1 rings (SSSR count). The Balaban J connectivity index is 2.79. The fourth-order valence-corrected chi connectivity index (χ4v) is 1.02. The number of nitrogens with two attached hydrogens (primary N) is 2. The topological polar surface area (TPSA) is 74.2 Å². The summed E-state index contributed by atoms with van der Waals surface area (Å²) in [6.45, 7) is 0.466. The predicted molar refractivity (Wildman–Crippen MR) is 47.5 cm³/mol. The van der Waals surface area contributed by atoms with Gasteiger partial charge in [0.15, 0.2) is 0 Å². The highest BCUT2D eigenvalue weighted by atomic mass is 16.5. The van der Waals surface area contributed by atoms with Crippen LogP contribution in [0.3, 0.4) is 0 Å².